The first-order valence-electron chi connectivity index (χ1n) is 4.52. The van der Waals surface area contributed by atoms with Crippen LogP contribution in [0.15, 0.2) is 12.3 Å². The first-order chi connectivity index (χ1) is 7.03. The molecule has 15 heavy (non-hydrogen) atoms. The molecule has 0 radical (unpaired) electrons. The van der Waals surface area contributed by atoms with E-state index in [9.17, 15) is 8.42 Å². The minimum Gasteiger partial charge on any atom is -0.267 e. The lowest BCUT2D eigenvalue weighted by Crippen LogP contribution is -2.17. The van der Waals surface area contributed by atoms with Crippen LogP contribution in [0.1, 0.15) is 19.8 Å². The topological polar surface area (TPSA) is 72.0 Å². The van der Waals surface area contributed by atoms with Crippen molar-refractivity contribution in [3.05, 3.63) is 17.5 Å². The van der Waals surface area contributed by atoms with Gasteiger partial charge in [0.05, 0.1) is 5.75 Å². The molecule has 0 amide bonds. The molecule has 0 aromatic carbocycles. The highest BCUT2D eigenvalue weighted by Crippen LogP contribution is 2.08. The van der Waals surface area contributed by atoms with Crippen LogP contribution in [-0.2, 0) is 10.0 Å². The summed E-state index contributed by atoms with van der Waals surface area (Å²) in [5.41, 5.74) is 0. The van der Waals surface area contributed by atoms with E-state index in [4.69, 9.17) is 11.6 Å². The first kappa shape index (κ1) is 12.2. The lowest BCUT2D eigenvalue weighted by Gasteiger charge is -2.05. The second-order valence-corrected chi connectivity index (χ2v) is 5.17. The lowest BCUT2D eigenvalue weighted by molar-refractivity contribution is 0.597. The second kappa shape index (κ2) is 5.27. The number of unbranched alkanes of at least 4 members (excludes halogenated alkanes) is 1. The van der Waals surface area contributed by atoms with Gasteiger partial charge in [-0.25, -0.2) is 13.4 Å². The van der Waals surface area contributed by atoms with Gasteiger partial charge in [-0.2, -0.15) is 4.98 Å². The van der Waals surface area contributed by atoms with Crippen LogP contribution in [-0.4, -0.2) is 24.1 Å². The molecule has 0 saturated heterocycles. The average molecular weight is 250 g/mol. The molecule has 1 N–H and O–H groups in total. The lowest BCUT2D eigenvalue weighted by atomic mass is 10.4. The fourth-order valence-corrected chi connectivity index (χ4v) is 2.29. The van der Waals surface area contributed by atoms with E-state index in [0.29, 0.717) is 6.42 Å². The standard InChI is InChI=1S/C8H12ClN3O2S/c1-2-3-6-15(13,14)12-7-4-5-10-8(9)11-7/h4-5H,2-3,6H2,1H3,(H,10,11,12). The quantitative estimate of drug-likeness (QED) is 0.806. The van der Waals surface area contributed by atoms with Crippen molar-refractivity contribution in [1.82, 2.24) is 9.97 Å². The Labute approximate surface area is 93.9 Å². The van der Waals surface area contributed by atoms with Gasteiger partial charge in [0, 0.05) is 6.20 Å². The zero-order valence-corrected chi connectivity index (χ0v) is 9.85. The third-order valence-electron chi connectivity index (χ3n) is 1.65. The van der Waals surface area contributed by atoms with E-state index >= 15 is 0 Å². The summed E-state index contributed by atoms with van der Waals surface area (Å²) >= 11 is 5.52. The Morgan fingerprint density at radius 1 is 1.53 bits per heavy atom. The summed E-state index contributed by atoms with van der Waals surface area (Å²) in [6.07, 6.45) is 2.84. The Balaban J connectivity index is 2.69. The smallest absolute Gasteiger partial charge is 0.233 e. The largest absolute Gasteiger partial charge is 0.267 e. The van der Waals surface area contributed by atoms with Crippen LogP contribution in [0.25, 0.3) is 0 Å². The summed E-state index contributed by atoms with van der Waals surface area (Å²) < 4.78 is 25.2. The number of anilines is 1. The molecule has 0 aliphatic heterocycles. The molecule has 0 aliphatic carbocycles. The molecule has 84 valence electrons. The summed E-state index contributed by atoms with van der Waals surface area (Å²) in [6, 6.07) is 1.45. The molecule has 1 aromatic rings. The molecule has 0 unspecified atom stereocenters. The average Bonchev–Trinajstić information content (AvgIpc) is 2.14. The van der Waals surface area contributed by atoms with Crippen LogP contribution in [0.2, 0.25) is 5.28 Å². The van der Waals surface area contributed by atoms with Gasteiger partial charge in [0.25, 0.3) is 0 Å². The van der Waals surface area contributed by atoms with Crippen LogP contribution in [0.3, 0.4) is 0 Å². The summed E-state index contributed by atoms with van der Waals surface area (Å²) in [5, 5.41) is 0.0192. The predicted molar refractivity (Wildman–Crippen MR) is 59.4 cm³/mol. The summed E-state index contributed by atoms with van der Waals surface area (Å²) in [4.78, 5) is 7.38. The Morgan fingerprint density at radius 3 is 2.87 bits per heavy atom. The van der Waals surface area contributed by atoms with Crippen LogP contribution in [0, 0.1) is 0 Å². The number of sulfonamides is 1. The monoisotopic (exact) mass is 249 g/mol. The van der Waals surface area contributed by atoms with Gasteiger partial charge in [0.2, 0.25) is 15.3 Å². The van der Waals surface area contributed by atoms with E-state index in [1.54, 1.807) is 0 Å². The predicted octanol–water partition coefficient (Wildman–Crippen LogP) is 1.67. The van der Waals surface area contributed by atoms with Crippen molar-refractivity contribution in [1.29, 1.82) is 0 Å². The number of hydrogen-bond donors (Lipinski definition) is 1. The zero-order chi connectivity index (χ0) is 11.3. The molecule has 0 bridgehead atoms. The highest BCUT2D eigenvalue weighted by atomic mass is 35.5. The van der Waals surface area contributed by atoms with Crippen molar-refractivity contribution in [3.63, 3.8) is 0 Å². The van der Waals surface area contributed by atoms with Crippen molar-refractivity contribution in [3.8, 4) is 0 Å². The van der Waals surface area contributed by atoms with Gasteiger partial charge in [0.1, 0.15) is 5.82 Å². The maximum absolute atomic E-state index is 11.5. The molecule has 0 saturated carbocycles. The second-order valence-electron chi connectivity index (χ2n) is 2.99. The Hall–Kier alpha value is -0.880. The molecule has 0 spiro atoms. The molecular weight excluding hydrogens is 238 g/mol. The number of rotatable bonds is 5. The fourth-order valence-electron chi connectivity index (χ4n) is 0.936. The van der Waals surface area contributed by atoms with Crippen LogP contribution in [0.4, 0.5) is 5.82 Å². The minimum absolute atomic E-state index is 0.0192. The summed E-state index contributed by atoms with van der Waals surface area (Å²) in [6.45, 7) is 1.93. The summed E-state index contributed by atoms with van der Waals surface area (Å²) in [5.74, 6) is 0.289. The van der Waals surface area contributed by atoms with Crippen molar-refractivity contribution in [2.24, 2.45) is 0 Å². The van der Waals surface area contributed by atoms with E-state index in [-0.39, 0.29) is 16.9 Å². The Morgan fingerprint density at radius 2 is 2.27 bits per heavy atom. The van der Waals surface area contributed by atoms with Crippen molar-refractivity contribution >= 4 is 27.4 Å². The van der Waals surface area contributed by atoms with Gasteiger partial charge >= 0.3 is 0 Å². The molecule has 1 aromatic heterocycles. The van der Waals surface area contributed by atoms with Gasteiger partial charge in [-0.15, -0.1) is 0 Å². The number of nitrogens with zero attached hydrogens (tertiary/aromatic N) is 2. The van der Waals surface area contributed by atoms with Gasteiger partial charge in [-0.05, 0) is 24.1 Å². The molecule has 5 nitrogen and oxygen atoms in total. The van der Waals surface area contributed by atoms with Crippen molar-refractivity contribution in [2.45, 2.75) is 19.8 Å². The third kappa shape index (κ3) is 4.44. The normalized spacial score (nSPS) is 11.3. The molecule has 1 heterocycles. The van der Waals surface area contributed by atoms with Gasteiger partial charge < -0.3 is 0 Å². The van der Waals surface area contributed by atoms with Crippen molar-refractivity contribution < 1.29 is 8.42 Å². The molecular formula is C8H12ClN3O2S. The maximum atomic E-state index is 11.5. The maximum Gasteiger partial charge on any atom is 0.233 e. The van der Waals surface area contributed by atoms with E-state index in [1.807, 2.05) is 6.92 Å². The molecule has 7 heteroatoms. The van der Waals surface area contributed by atoms with E-state index in [0.717, 1.165) is 6.42 Å². The highest BCUT2D eigenvalue weighted by Gasteiger charge is 2.10. The zero-order valence-electron chi connectivity index (χ0n) is 8.27. The first-order valence-corrected chi connectivity index (χ1v) is 6.55. The number of nitrogens with one attached hydrogen (secondary N) is 1. The molecule has 1 rings (SSSR count). The highest BCUT2D eigenvalue weighted by molar-refractivity contribution is 7.92. The number of halogens is 1. The molecule has 0 atom stereocenters. The van der Waals surface area contributed by atoms with Crippen LogP contribution < -0.4 is 4.72 Å². The van der Waals surface area contributed by atoms with Crippen LogP contribution >= 0.6 is 11.6 Å². The van der Waals surface area contributed by atoms with E-state index in [2.05, 4.69) is 14.7 Å². The third-order valence-corrected chi connectivity index (χ3v) is 3.18. The van der Waals surface area contributed by atoms with E-state index < -0.39 is 10.0 Å². The van der Waals surface area contributed by atoms with Crippen LogP contribution in [0.5, 0.6) is 0 Å². The van der Waals surface area contributed by atoms with Gasteiger partial charge in [-0.1, -0.05) is 13.3 Å². The number of aromatic nitrogens is 2. The van der Waals surface area contributed by atoms with Crippen molar-refractivity contribution in [2.75, 3.05) is 10.5 Å². The fraction of sp³-hybridized carbons (Fsp3) is 0.500. The van der Waals surface area contributed by atoms with Gasteiger partial charge in [-0.3, -0.25) is 4.72 Å². The minimum atomic E-state index is -3.31. The van der Waals surface area contributed by atoms with E-state index in [1.165, 1.54) is 12.3 Å². The Kier molecular flexibility index (Phi) is 4.28. The van der Waals surface area contributed by atoms with Gasteiger partial charge in [0.15, 0.2) is 0 Å². The molecule has 0 fully saturated rings. The Bertz CT molecular complexity index is 422. The molecule has 0 aliphatic rings. The number of hydrogen-bond acceptors (Lipinski definition) is 4. The SMILES string of the molecule is CCCCS(=O)(=O)Nc1ccnc(Cl)n1. The summed E-state index contributed by atoms with van der Waals surface area (Å²) in [7, 11) is -3.31.